The summed E-state index contributed by atoms with van der Waals surface area (Å²) in [5.41, 5.74) is 1.77. The van der Waals surface area contributed by atoms with E-state index in [1.165, 1.54) is 4.31 Å². The highest BCUT2D eigenvalue weighted by Crippen LogP contribution is 2.29. The Morgan fingerprint density at radius 2 is 2.15 bits per heavy atom. The van der Waals surface area contributed by atoms with Crippen molar-refractivity contribution in [3.8, 4) is 0 Å². The van der Waals surface area contributed by atoms with Gasteiger partial charge in [0.1, 0.15) is 5.76 Å². The molecule has 1 aromatic heterocycles. The third kappa shape index (κ3) is 2.36. The number of rotatable bonds is 3. The maximum Gasteiger partial charge on any atom is 0.325 e. The van der Waals surface area contributed by atoms with Crippen LogP contribution in [-0.4, -0.2) is 20.1 Å². The van der Waals surface area contributed by atoms with Crippen molar-refractivity contribution >= 4 is 21.7 Å². The Morgan fingerprint density at radius 3 is 2.90 bits per heavy atom. The molecule has 106 valence electrons. The summed E-state index contributed by atoms with van der Waals surface area (Å²) >= 11 is 0. The molecule has 0 unspecified atom stereocenters. The van der Waals surface area contributed by atoms with Gasteiger partial charge in [-0.3, -0.25) is 4.31 Å². The monoisotopic (exact) mass is 293 g/mol. The van der Waals surface area contributed by atoms with Crippen LogP contribution in [0.25, 0.3) is 0 Å². The molecule has 2 aromatic rings. The van der Waals surface area contributed by atoms with Crippen LogP contribution in [-0.2, 0) is 16.6 Å². The number of para-hydroxylation sites is 1. The molecule has 2 heterocycles. The first-order chi connectivity index (χ1) is 9.56. The lowest BCUT2D eigenvalue weighted by molar-refractivity contribution is 0.400. The number of fused-ring (bicyclic) bond motifs is 1. The van der Waals surface area contributed by atoms with E-state index in [9.17, 15) is 8.42 Å². The highest BCUT2D eigenvalue weighted by atomic mass is 32.2. The van der Waals surface area contributed by atoms with Gasteiger partial charge in [0.15, 0.2) is 5.82 Å². The molecule has 20 heavy (non-hydrogen) atoms. The summed E-state index contributed by atoms with van der Waals surface area (Å²) in [6.45, 7) is 2.17. The standard InChI is InChI=1S/C13H15N3O3S/c1-10-9-13(14-19-10)15-20(17,18)16-8-4-6-11-5-2-3-7-12(11)16/h2-3,5,7,9H,4,6,8H2,1H3,(H,14,15). The van der Waals surface area contributed by atoms with E-state index in [1.807, 2.05) is 24.3 Å². The fourth-order valence-corrected chi connectivity index (χ4v) is 3.63. The van der Waals surface area contributed by atoms with Crippen LogP contribution in [0.3, 0.4) is 0 Å². The molecule has 0 saturated carbocycles. The van der Waals surface area contributed by atoms with Crippen LogP contribution in [0.15, 0.2) is 34.9 Å². The average Bonchev–Trinajstić information content (AvgIpc) is 2.82. The number of aromatic nitrogens is 1. The SMILES string of the molecule is Cc1cc(NS(=O)(=O)N2CCCc3ccccc32)no1. The van der Waals surface area contributed by atoms with Crippen molar-refractivity contribution in [3.63, 3.8) is 0 Å². The Morgan fingerprint density at radius 1 is 1.35 bits per heavy atom. The van der Waals surface area contributed by atoms with Gasteiger partial charge in [-0.15, -0.1) is 0 Å². The smallest absolute Gasteiger partial charge is 0.325 e. The minimum Gasteiger partial charge on any atom is -0.360 e. The van der Waals surface area contributed by atoms with E-state index in [0.717, 1.165) is 24.1 Å². The van der Waals surface area contributed by atoms with Crippen LogP contribution >= 0.6 is 0 Å². The van der Waals surface area contributed by atoms with Crippen LogP contribution in [0.1, 0.15) is 17.7 Å². The van der Waals surface area contributed by atoms with Gasteiger partial charge >= 0.3 is 10.2 Å². The number of anilines is 2. The van der Waals surface area contributed by atoms with E-state index in [2.05, 4.69) is 9.88 Å². The largest absolute Gasteiger partial charge is 0.360 e. The van der Waals surface area contributed by atoms with Gasteiger partial charge in [0, 0.05) is 12.6 Å². The molecule has 1 aliphatic heterocycles. The summed E-state index contributed by atoms with van der Waals surface area (Å²) in [4.78, 5) is 0. The number of nitrogens with zero attached hydrogens (tertiary/aromatic N) is 2. The second kappa shape index (κ2) is 4.82. The fraction of sp³-hybridized carbons (Fsp3) is 0.308. The molecule has 0 amide bonds. The van der Waals surface area contributed by atoms with Crippen LogP contribution in [0, 0.1) is 6.92 Å². The second-order valence-corrected chi connectivity index (χ2v) is 6.33. The highest BCUT2D eigenvalue weighted by molar-refractivity contribution is 7.94. The first-order valence-corrected chi connectivity index (χ1v) is 7.82. The summed E-state index contributed by atoms with van der Waals surface area (Å²) in [5, 5.41) is 3.66. The van der Waals surface area contributed by atoms with Gasteiger partial charge in [0.25, 0.3) is 0 Å². The molecule has 3 rings (SSSR count). The molecular weight excluding hydrogens is 278 g/mol. The number of nitrogens with one attached hydrogen (secondary N) is 1. The minimum absolute atomic E-state index is 0.200. The Kier molecular flexibility index (Phi) is 3.13. The summed E-state index contributed by atoms with van der Waals surface area (Å²) in [6.07, 6.45) is 1.70. The lowest BCUT2D eigenvalue weighted by Gasteiger charge is -2.30. The number of aryl methyl sites for hydroxylation is 2. The lowest BCUT2D eigenvalue weighted by atomic mass is 10.0. The lowest BCUT2D eigenvalue weighted by Crippen LogP contribution is -2.39. The zero-order chi connectivity index (χ0) is 14.2. The molecule has 1 N–H and O–H groups in total. The van der Waals surface area contributed by atoms with Gasteiger partial charge in [-0.25, -0.2) is 4.72 Å². The molecule has 0 aliphatic carbocycles. The van der Waals surface area contributed by atoms with Gasteiger partial charge in [-0.1, -0.05) is 23.4 Å². The van der Waals surface area contributed by atoms with Crippen LogP contribution in [0.4, 0.5) is 11.5 Å². The van der Waals surface area contributed by atoms with Crippen molar-refractivity contribution in [2.24, 2.45) is 0 Å². The Labute approximate surface area is 117 Å². The van der Waals surface area contributed by atoms with Crippen molar-refractivity contribution < 1.29 is 12.9 Å². The first-order valence-electron chi connectivity index (χ1n) is 6.38. The maximum atomic E-state index is 12.5. The molecule has 0 radical (unpaired) electrons. The van der Waals surface area contributed by atoms with Gasteiger partial charge in [0.2, 0.25) is 0 Å². The predicted molar refractivity (Wildman–Crippen MR) is 75.9 cm³/mol. The van der Waals surface area contributed by atoms with Gasteiger partial charge in [-0.2, -0.15) is 8.42 Å². The number of hydrogen-bond acceptors (Lipinski definition) is 4. The molecule has 0 spiro atoms. The molecule has 0 bridgehead atoms. The van der Waals surface area contributed by atoms with E-state index in [1.54, 1.807) is 13.0 Å². The second-order valence-electron chi connectivity index (χ2n) is 4.73. The van der Waals surface area contributed by atoms with Crippen molar-refractivity contribution in [2.75, 3.05) is 15.6 Å². The number of hydrogen-bond donors (Lipinski definition) is 1. The third-order valence-electron chi connectivity index (χ3n) is 3.22. The Bertz CT molecular complexity index is 724. The van der Waals surface area contributed by atoms with Gasteiger partial charge in [0.05, 0.1) is 5.69 Å². The molecule has 1 aliphatic rings. The average molecular weight is 293 g/mol. The normalized spacial score (nSPS) is 14.9. The van der Waals surface area contributed by atoms with Crippen LogP contribution < -0.4 is 9.03 Å². The molecule has 6 nitrogen and oxygen atoms in total. The van der Waals surface area contributed by atoms with Gasteiger partial charge < -0.3 is 4.52 Å². The first kappa shape index (κ1) is 13.0. The molecule has 1 aromatic carbocycles. The van der Waals surface area contributed by atoms with E-state index in [-0.39, 0.29) is 5.82 Å². The van der Waals surface area contributed by atoms with Crippen molar-refractivity contribution in [2.45, 2.75) is 19.8 Å². The van der Waals surface area contributed by atoms with Crippen LogP contribution in [0.5, 0.6) is 0 Å². The Balaban J connectivity index is 1.92. The third-order valence-corrected chi connectivity index (χ3v) is 4.65. The molecule has 0 saturated heterocycles. The summed E-state index contributed by atoms with van der Waals surface area (Å²) < 4.78 is 33.6. The van der Waals surface area contributed by atoms with E-state index < -0.39 is 10.2 Å². The molecular formula is C13H15N3O3S. The van der Waals surface area contributed by atoms with Crippen LogP contribution in [0.2, 0.25) is 0 Å². The summed E-state index contributed by atoms with van der Waals surface area (Å²) in [7, 11) is -3.68. The van der Waals surface area contributed by atoms with E-state index >= 15 is 0 Å². The minimum atomic E-state index is -3.68. The Hall–Kier alpha value is -2.02. The van der Waals surface area contributed by atoms with Crippen molar-refractivity contribution in [1.82, 2.24) is 5.16 Å². The predicted octanol–water partition coefficient (Wildman–Crippen LogP) is 2.09. The maximum absolute atomic E-state index is 12.5. The fourth-order valence-electron chi connectivity index (χ4n) is 2.35. The van der Waals surface area contributed by atoms with Gasteiger partial charge in [-0.05, 0) is 31.4 Å². The highest BCUT2D eigenvalue weighted by Gasteiger charge is 2.27. The zero-order valence-corrected chi connectivity index (χ0v) is 11.9. The zero-order valence-electron chi connectivity index (χ0n) is 11.0. The molecule has 0 fully saturated rings. The van der Waals surface area contributed by atoms with E-state index in [0.29, 0.717) is 12.3 Å². The van der Waals surface area contributed by atoms with Crippen molar-refractivity contribution in [3.05, 3.63) is 41.7 Å². The molecule has 0 atom stereocenters. The van der Waals surface area contributed by atoms with Crippen molar-refractivity contribution in [1.29, 1.82) is 0 Å². The molecule has 7 heteroatoms. The topological polar surface area (TPSA) is 75.4 Å². The number of benzene rings is 1. The quantitative estimate of drug-likeness (QED) is 0.940. The van der Waals surface area contributed by atoms with E-state index in [4.69, 9.17) is 4.52 Å². The summed E-state index contributed by atoms with van der Waals surface area (Å²) in [6, 6.07) is 9.09. The summed E-state index contributed by atoms with van der Waals surface area (Å²) in [5.74, 6) is 0.757.